The van der Waals surface area contributed by atoms with Crippen LogP contribution in [-0.2, 0) is 0 Å². The summed E-state index contributed by atoms with van der Waals surface area (Å²) in [5.41, 5.74) is 8.68. The van der Waals surface area contributed by atoms with Crippen LogP contribution in [0, 0.1) is 0 Å². The number of hydrogen-bond donors (Lipinski definition) is 1. The molecule has 1 heterocycles. The summed E-state index contributed by atoms with van der Waals surface area (Å²) in [6, 6.07) is 16.0. The number of rotatable bonds is 3. The third-order valence-electron chi connectivity index (χ3n) is 4.71. The predicted molar refractivity (Wildman–Crippen MR) is 96.1 cm³/mol. The summed E-state index contributed by atoms with van der Waals surface area (Å²) in [7, 11) is 1.65. The highest BCUT2D eigenvalue weighted by molar-refractivity contribution is 5.96. The van der Waals surface area contributed by atoms with Crippen molar-refractivity contribution in [3.05, 3.63) is 54.1 Å². The number of nitrogens with zero attached hydrogens (tertiary/aromatic N) is 1. The zero-order chi connectivity index (χ0) is 17.1. The Morgan fingerprint density at radius 3 is 2.62 bits per heavy atom. The van der Waals surface area contributed by atoms with Crippen LogP contribution in [0.5, 0.6) is 5.75 Å². The van der Waals surface area contributed by atoms with Gasteiger partial charge in [-0.3, -0.25) is 4.79 Å². The second-order valence-corrected chi connectivity index (χ2v) is 6.41. The van der Waals surface area contributed by atoms with Crippen LogP contribution in [0.4, 0.5) is 0 Å². The van der Waals surface area contributed by atoms with Crippen molar-refractivity contribution < 1.29 is 9.53 Å². The lowest BCUT2D eigenvalue weighted by Gasteiger charge is -2.36. The molecule has 2 aromatic carbocycles. The van der Waals surface area contributed by atoms with Crippen molar-refractivity contribution in [2.75, 3.05) is 13.7 Å². The SMILES string of the molecule is COc1ccc(C(=O)N2CCC(N)CC2C)cc1-c1ccccc1. The molecule has 1 saturated heterocycles. The summed E-state index contributed by atoms with van der Waals surface area (Å²) >= 11 is 0. The second-order valence-electron chi connectivity index (χ2n) is 6.41. The third-order valence-corrected chi connectivity index (χ3v) is 4.71. The van der Waals surface area contributed by atoms with Gasteiger partial charge < -0.3 is 15.4 Å². The molecule has 0 aromatic heterocycles. The van der Waals surface area contributed by atoms with E-state index < -0.39 is 0 Å². The van der Waals surface area contributed by atoms with Crippen molar-refractivity contribution in [3.63, 3.8) is 0 Å². The van der Waals surface area contributed by atoms with Crippen molar-refractivity contribution in [1.29, 1.82) is 0 Å². The van der Waals surface area contributed by atoms with Crippen molar-refractivity contribution in [3.8, 4) is 16.9 Å². The Labute approximate surface area is 143 Å². The molecule has 1 aliphatic heterocycles. The number of hydrogen-bond acceptors (Lipinski definition) is 3. The molecule has 1 aliphatic rings. The number of carbonyl (C=O) groups excluding carboxylic acids is 1. The van der Waals surface area contributed by atoms with Crippen LogP contribution in [0.25, 0.3) is 11.1 Å². The standard InChI is InChI=1S/C20H24N2O2/c1-14-12-17(21)10-11-22(14)20(23)16-8-9-19(24-2)18(13-16)15-6-4-3-5-7-15/h3-9,13-14,17H,10-12,21H2,1-2H3. The topological polar surface area (TPSA) is 55.6 Å². The minimum atomic E-state index is 0.0641. The van der Waals surface area contributed by atoms with Gasteiger partial charge in [0, 0.05) is 29.8 Å². The summed E-state index contributed by atoms with van der Waals surface area (Å²) in [6.07, 6.45) is 1.71. The smallest absolute Gasteiger partial charge is 0.254 e. The Hall–Kier alpha value is -2.33. The van der Waals surface area contributed by atoms with Gasteiger partial charge in [0.2, 0.25) is 0 Å². The van der Waals surface area contributed by atoms with E-state index in [0.29, 0.717) is 12.1 Å². The van der Waals surface area contributed by atoms with Crippen LogP contribution >= 0.6 is 0 Å². The molecule has 2 aromatic rings. The lowest BCUT2D eigenvalue weighted by atomic mass is 9.97. The van der Waals surface area contributed by atoms with Gasteiger partial charge in [-0.2, -0.15) is 0 Å². The fraction of sp³-hybridized carbons (Fsp3) is 0.350. The lowest BCUT2D eigenvalue weighted by molar-refractivity contribution is 0.0619. The number of nitrogens with two attached hydrogens (primary N) is 1. The van der Waals surface area contributed by atoms with Gasteiger partial charge in [0.1, 0.15) is 5.75 Å². The maximum atomic E-state index is 12.9. The molecule has 0 radical (unpaired) electrons. The molecular formula is C20H24N2O2. The van der Waals surface area contributed by atoms with Crippen LogP contribution < -0.4 is 10.5 Å². The van der Waals surface area contributed by atoms with Gasteiger partial charge in [-0.1, -0.05) is 30.3 Å². The summed E-state index contributed by atoms with van der Waals surface area (Å²) < 4.78 is 5.47. The molecule has 2 atom stereocenters. The molecule has 4 heteroatoms. The van der Waals surface area contributed by atoms with Gasteiger partial charge in [-0.25, -0.2) is 0 Å². The number of carbonyl (C=O) groups is 1. The van der Waals surface area contributed by atoms with E-state index in [0.717, 1.165) is 29.7 Å². The fourth-order valence-electron chi connectivity index (χ4n) is 3.36. The van der Waals surface area contributed by atoms with Gasteiger partial charge in [0.15, 0.2) is 0 Å². The highest BCUT2D eigenvalue weighted by atomic mass is 16.5. The number of likely N-dealkylation sites (tertiary alicyclic amines) is 1. The molecule has 0 aliphatic carbocycles. The predicted octanol–water partition coefficient (Wildman–Crippen LogP) is 3.31. The monoisotopic (exact) mass is 324 g/mol. The van der Waals surface area contributed by atoms with E-state index in [2.05, 4.69) is 6.92 Å². The van der Waals surface area contributed by atoms with Crippen molar-refractivity contribution >= 4 is 5.91 Å². The Morgan fingerprint density at radius 1 is 1.21 bits per heavy atom. The van der Waals surface area contributed by atoms with Crippen LogP contribution in [0.3, 0.4) is 0 Å². The van der Waals surface area contributed by atoms with Crippen LogP contribution in [0.2, 0.25) is 0 Å². The minimum Gasteiger partial charge on any atom is -0.496 e. The molecule has 0 bridgehead atoms. The molecule has 2 N–H and O–H groups in total. The largest absolute Gasteiger partial charge is 0.496 e. The van der Waals surface area contributed by atoms with Crippen molar-refractivity contribution in [2.24, 2.45) is 5.73 Å². The van der Waals surface area contributed by atoms with Gasteiger partial charge in [-0.15, -0.1) is 0 Å². The highest BCUT2D eigenvalue weighted by Crippen LogP contribution is 2.31. The second kappa shape index (κ2) is 7.05. The number of methoxy groups -OCH3 is 1. The maximum absolute atomic E-state index is 12.9. The number of amides is 1. The lowest BCUT2D eigenvalue weighted by Crippen LogP contribution is -2.48. The average Bonchev–Trinajstić information content (AvgIpc) is 2.61. The number of piperidine rings is 1. The molecule has 126 valence electrons. The Kier molecular flexibility index (Phi) is 4.86. The van der Waals surface area contributed by atoms with Crippen LogP contribution in [0.15, 0.2) is 48.5 Å². The summed E-state index contributed by atoms with van der Waals surface area (Å²) in [5, 5.41) is 0. The molecule has 2 unspecified atom stereocenters. The molecular weight excluding hydrogens is 300 g/mol. The summed E-state index contributed by atoms with van der Waals surface area (Å²) in [6.45, 7) is 2.78. The van der Waals surface area contributed by atoms with E-state index in [-0.39, 0.29) is 18.0 Å². The minimum absolute atomic E-state index is 0.0641. The van der Waals surface area contributed by atoms with E-state index in [1.807, 2.05) is 53.4 Å². The molecule has 0 spiro atoms. The van der Waals surface area contributed by atoms with E-state index in [4.69, 9.17) is 10.5 Å². The first-order valence-corrected chi connectivity index (χ1v) is 8.40. The molecule has 1 amide bonds. The van der Waals surface area contributed by atoms with E-state index in [1.165, 1.54) is 0 Å². The fourth-order valence-corrected chi connectivity index (χ4v) is 3.36. The van der Waals surface area contributed by atoms with Crippen molar-refractivity contribution in [2.45, 2.75) is 31.8 Å². The number of benzene rings is 2. The van der Waals surface area contributed by atoms with Crippen molar-refractivity contribution in [1.82, 2.24) is 4.90 Å². The zero-order valence-corrected chi connectivity index (χ0v) is 14.2. The molecule has 1 fully saturated rings. The number of ether oxygens (including phenoxy) is 1. The first-order chi connectivity index (χ1) is 11.6. The molecule has 3 rings (SSSR count). The summed E-state index contributed by atoms with van der Waals surface area (Å²) in [4.78, 5) is 14.9. The molecule has 24 heavy (non-hydrogen) atoms. The van der Waals surface area contributed by atoms with E-state index >= 15 is 0 Å². The first-order valence-electron chi connectivity index (χ1n) is 8.40. The Bertz CT molecular complexity index is 715. The van der Waals surface area contributed by atoms with Crippen LogP contribution in [-0.4, -0.2) is 36.5 Å². The highest BCUT2D eigenvalue weighted by Gasteiger charge is 2.28. The summed E-state index contributed by atoms with van der Waals surface area (Å²) in [5.74, 6) is 0.834. The first kappa shape index (κ1) is 16.5. The van der Waals surface area contributed by atoms with E-state index in [1.54, 1.807) is 7.11 Å². The van der Waals surface area contributed by atoms with Gasteiger partial charge >= 0.3 is 0 Å². The normalized spacial score (nSPS) is 20.7. The van der Waals surface area contributed by atoms with Gasteiger partial charge in [-0.05, 0) is 43.5 Å². The Morgan fingerprint density at radius 2 is 1.96 bits per heavy atom. The zero-order valence-electron chi connectivity index (χ0n) is 14.2. The quantitative estimate of drug-likeness (QED) is 0.942. The van der Waals surface area contributed by atoms with Gasteiger partial charge in [0.25, 0.3) is 5.91 Å². The Balaban J connectivity index is 1.93. The maximum Gasteiger partial charge on any atom is 0.254 e. The third kappa shape index (κ3) is 3.29. The molecule has 0 saturated carbocycles. The van der Waals surface area contributed by atoms with E-state index in [9.17, 15) is 4.79 Å². The molecule has 4 nitrogen and oxygen atoms in total. The van der Waals surface area contributed by atoms with Crippen LogP contribution in [0.1, 0.15) is 30.1 Å². The average molecular weight is 324 g/mol. The van der Waals surface area contributed by atoms with Gasteiger partial charge in [0.05, 0.1) is 7.11 Å².